The Morgan fingerprint density at radius 2 is 2.14 bits per heavy atom. The third-order valence-corrected chi connectivity index (χ3v) is 3.37. The fraction of sp³-hybridized carbons (Fsp3) is 0.571. The van der Waals surface area contributed by atoms with Crippen molar-refractivity contribution in [1.82, 2.24) is 14.8 Å². The minimum atomic E-state index is -0.881. The molecule has 0 aromatic carbocycles. The number of carbonyl (C=O) groups is 2. The molecule has 7 nitrogen and oxygen atoms in total. The molecular formula is C14H21N3O4. The van der Waals surface area contributed by atoms with E-state index in [1.54, 1.807) is 27.9 Å². The number of ether oxygens (including phenoxy) is 1. The fourth-order valence-electron chi connectivity index (χ4n) is 2.17. The molecule has 1 fully saturated rings. The highest BCUT2D eigenvalue weighted by molar-refractivity contribution is 5.94. The van der Waals surface area contributed by atoms with Crippen LogP contribution in [0, 0.1) is 0 Å². The molecule has 1 atom stereocenters. The third kappa shape index (κ3) is 4.57. The van der Waals surface area contributed by atoms with Crippen molar-refractivity contribution in [1.29, 1.82) is 0 Å². The molecule has 0 aliphatic carbocycles. The summed E-state index contributed by atoms with van der Waals surface area (Å²) in [6, 6.07) is 1.70. The Balaban J connectivity index is 1.72. The van der Waals surface area contributed by atoms with Crippen molar-refractivity contribution in [3.8, 4) is 0 Å². The summed E-state index contributed by atoms with van der Waals surface area (Å²) in [6.45, 7) is 2.24. The van der Waals surface area contributed by atoms with Crippen molar-refractivity contribution in [2.75, 3.05) is 32.8 Å². The first-order valence-electron chi connectivity index (χ1n) is 7.00. The molecule has 21 heavy (non-hydrogen) atoms. The first kappa shape index (κ1) is 15.5. The van der Waals surface area contributed by atoms with Crippen LogP contribution in [0.5, 0.6) is 0 Å². The van der Waals surface area contributed by atoms with Crippen LogP contribution in [-0.4, -0.2) is 65.3 Å². The molecule has 1 aromatic heterocycles. The average Bonchev–Trinajstić information content (AvgIpc) is 2.92. The highest BCUT2D eigenvalue weighted by Crippen LogP contribution is 2.03. The Bertz CT molecular complexity index is 494. The van der Waals surface area contributed by atoms with Crippen LogP contribution >= 0.6 is 0 Å². The topological polar surface area (TPSA) is 83.8 Å². The third-order valence-electron chi connectivity index (χ3n) is 3.37. The second-order valence-electron chi connectivity index (χ2n) is 5.13. The van der Waals surface area contributed by atoms with E-state index < -0.39 is 6.10 Å². The molecule has 1 aliphatic rings. The Morgan fingerprint density at radius 1 is 1.43 bits per heavy atom. The minimum Gasteiger partial charge on any atom is -0.391 e. The normalized spacial score (nSPS) is 16.6. The molecule has 7 heteroatoms. The molecule has 2 amide bonds. The lowest BCUT2D eigenvalue weighted by molar-refractivity contribution is -0.137. The summed E-state index contributed by atoms with van der Waals surface area (Å²) >= 11 is 0. The maximum Gasteiger partial charge on any atom is 0.252 e. The predicted octanol–water partition coefficient (Wildman–Crippen LogP) is -0.635. The van der Waals surface area contributed by atoms with E-state index >= 15 is 0 Å². The van der Waals surface area contributed by atoms with Crippen LogP contribution < -0.4 is 5.32 Å². The van der Waals surface area contributed by atoms with Gasteiger partial charge >= 0.3 is 0 Å². The first-order chi connectivity index (χ1) is 10.1. The second-order valence-corrected chi connectivity index (χ2v) is 5.13. The monoisotopic (exact) mass is 295 g/mol. The van der Waals surface area contributed by atoms with Gasteiger partial charge in [0.2, 0.25) is 5.91 Å². The number of nitrogens with one attached hydrogen (secondary N) is 1. The number of aliphatic hydroxyl groups is 1. The number of carbonyl (C=O) groups excluding carboxylic acids is 2. The molecule has 0 saturated carbocycles. The first-order valence-corrected chi connectivity index (χ1v) is 7.00. The van der Waals surface area contributed by atoms with Crippen molar-refractivity contribution >= 4 is 11.8 Å². The van der Waals surface area contributed by atoms with Gasteiger partial charge in [0.1, 0.15) is 0 Å². The van der Waals surface area contributed by atoms with Gasteiger partial charge in [-0.1, -0.05) is 0 Å². The van der Waals surface area contributed by atoms with Gasteiger partial charge in [0.25, 0.3) is 5.91 Å². The maximum atomic E-state index is 11.9. The zero-order valence-electron chi connectivity index (χ0n) is 12.1. The van der Waals surface area contributed by atoms with E-state index in [9.17, 15) is 14.7 Å². The van der Waals surface area contributed by atoms with Gasteiger partial charge in [0, 0.05) is 39.1 Å². The van der Waals surface area contributed by atoms with Crippen molar-refractivity contribution in [3.63, 3.8) is 0 Å². The van der Waals surface area contributed by atoms with Gasteiger partial charge in [0.05, 0.1) is 31.3 Å². The lowest BCUT2D eigenvalue weighted by atomic mass is 10.2. The van der Waals surface area contributed by atoms with E-state index in [1.165, 1.54) is 0 Å². The summed E-state index contributed by atoms with van der Waals surface area (Å²) in [5.74, 6) is -0.367. The Labute approximate surface area is 123 Å². The second kappa shape index (κ2) is 7.24. The maximum absolute atomic E-state index is 11.9. The average molecular weight is 295 g/mol. The SMILES string of the molecule is Cn1ccc(C(=O)NCC(O)CC(=O)N2CCOCC2)c1. The Kier molecular flexibility index (Phi) is 5.35. The number of hydrogen-bond donors (Lipinski definition) is 2. The molecule has 0 spiro atoms. The van der Waals surface area contributed by atoms with E-state index in [0.29, 0.717) is 31.9 Å². The minimum absolute atomic E-state index is 0.00900. The van der Waals surface area contributed by atoms with Crippen LogP contribution in [0.2, 0.25) is 0 Å². The summed E-state index contributed by atoms with van der Waals surface area (Å²) in [5, 5.41) is 12.5. The number of aromatic nitrogens is 1. The zero-order chi connectivity index (χ0) is 15.2. The molecule has 116 valence electrons. The van der Waals surface area contributed by atoms with E-state index in [4.69, 9.17) is 4.74 Å². The smallest absolute Gasteiger partial charge is 0.252 e. The lowest BCUT2D eigenvalue weighted by Gasteiger charge is -2.27. The molecule has 2 heterocycles. The number of nitrogens with zero attached hydrogens (tertiary/aromatic N) is 2. The van der Waals surface area contributed by atoms with Gasteiger partial charge in [0.15, 0.2) is 0 Å². The van der Waals surface area contributed by atoms with Gasteiger partial charge in [-0.2, -0.15) is 0 Å². The number of hydrogen-bond acceptors (Lipinski definition) is 4. The molecule has 2 N–H and O–H groups in total. The van der Waals surface area contributed by atoms with Gasteiger partial charge < -0.3 is 24.6 Å². The van der Waals surface area contributed by atoms with Gasteiger partial charge in [-0.05, 0) is 6.07 Å². The Hall–Kier alpha value is -1.86. The largest absolute Gasteiger partial charge is 0.391 e. The highest BCUT2D eigenvalue weighted by Gasteiger charge is 2.20. The van der Waals surface area contributed by atoms with Crippen LogP contribution in [0.15, 0.2) is 18.5 Å². The van der Waals surface area contributed by atoms with Crippen LogP contribution in [0.25, 0.3) is 0 Å². The van der Waals surface area contributed by atoms with Crippen molar-refractivity contribution in [2.45, 2.75) is 12.5 Å². The number of rotatable bonds is 5. The van der Waals surface area contributed by atoms with Crippen molar-refractivity contribution < 1.29 is 19.4 Å². The summed E-state index contributed by atoms with van der Waals surface area (Å²) in [6.07, 6.45) is 2.59. The van der Waals surface area contributed by atoms with Gasteiger partial charge in [-0.15, -0.1) is 0 Å². The zero-order valence-corrected chi connectivity index (χ0v) is 12.1. The number of aliphatic hydroxyl groups excluding tert-OH is 1. The van der Waals surface area contributed by atoms with Crippen molar-refractivity contribution in [2.24, 2.45) is 7.05 Å². The molecule has 0 bridgehead atoms. The lowest BCUT2D eigenvalue weighted by Crippen LogP contribution is -2.43. The summed E-state index contributed by atoms with van der Waals surface area (Å²) in [7, 11) is 1.83. The van der Waals surface area contributed by atoms with Crippen molar-refractivity contribution in [3.05, 3.63) is 24.0 Å². The summed E-state index contributed by atoms with van der Waals surface area (Å²) in [5.41, 5.74) is 0.532. The van der Waals surface area contributed by atoms with E-state index in [2.05, 4.69) is 5.32 Å². The number of aryl methyl sites for hydroxylation is 1. The number of morpholine rings is 1. The van der Waals surface area contributed by atoms with Crippen LogP contribution in [0.3, 0.4) is 0 Å². The quantitative estimate of drug-likeness (QED) is 0.757. The molecule has 0 radical (unpaired) electrons. The fourth-order valence-corrected chi connectivity index (χ4v) is 2.17. The van der Waals surface area contributed by atoms with E-state index in [0.717, 1.165) is 0 Å². The molecule has 2 rings (SSSR count). The predicted molar refractivity (Wildman–Crippen MR) is 75.8 cm³/mol. The molecule has 1 aromatic rings. The van der Waals surface area contributed by atoms with Gasteiger partial charge in [-0.3, -0.25) is 9.59 Å². The van der Waals surface area contributed by atoms with Crippen LogP contribution in [0.4, 0.5) is 0 Å². The molecule has 1 saturated heterocycles. The van der Waals surface area contributed by atoms with E-state index in [1.807, 2.05) is 7.05 Å². The molecule has 1 aliphatic heterocycles. The summed E-state index contributed by atoms with van der Waals surface area (Å²) in [4.78, 5) is 25.4. The van der Waals surface area contributed by atoms with E-state index in [-0.39, 0.29) is 24.8 Å². The van der Waals surface area contributed by atoms with Crippen LogP contribution in [-0.2, 0) is 16.6 Å². The number of amides is 2. The molecular weight excluding hydrogens is 274 g/mol. The standard InChI is InChI=1S/C14H21N3O4/c1-16-3-2-11(10-16)14(20)15-9-12(18)8-13(19)17-4-6-21-7-5-17/h2-3,10,12,18H,4-9H2,1H3,(H,15,20). The van der Waals surface area contributed by atoms with Crippen LogP contribution in [0.1, 0.15) is 16.8 Å². The Morgan fingerprint density at radius 3 is 2.76 bits per heavy atom. The summed E-state index contributed by atoms with van der Waals surface area (Å²) < 4.78 is 6.94. The molecule has 1 unspecified atom stereocenters. The van der Waals surface area contributed by atoms with Gasteiger partial charge in [-0.25, -0.2) is 0 Å². The highest BCUT2D eigenvalue weighted by atomic mass is 16.5.